The van der Waals surface area contributed by atoms with Crippen LogP contribution in [-0.4, -0.2) is 17.4 Å². The van der Waals surface area contributed by atoms with Crippen LogP contribution in [0.15, 0.2) is 34.9 Å². The Hall–Kier alpha value is -2.66. The van der Waals surface area contributed by atoms with E-state index in [1.807, 2.05) is 38.2 Å². The van der Waals surface area contributed by atoms with E-state index in [-0.39, 0.29) is 5.91 Å². The van der Waals surface area contributed by atoms with Crippen LogP contribution in [0.3, 0.4) is 0 Å². The molecule has 0 aliphatic carbocycles. The number of hydrogen-bond acceptors (Lipinski definition) is 4. The van der Waals surface area contributed by atoms with Gasteiger partial charge in [0.15, 0.2) is 0 Å². The fourth-order valence-corrected chi connectivity index (χ4v) is 3.47. The van der Waals surface area contributed by atoms with Crippen LogP contribution in [0.25, 0.3) is 11.0 Å². The van der Waals surface area contributed by atoms with Gasteiger partial charge in [0, 0.05) is 35.9 Å². The molecule has 0 unspecified atom stereocenters. The molecule has 2 N–H and O–H groups in total. The summed E-state index contributed by atoms with van der Waals surface area (Å²) in [4.78, 5) is 17.1. The Morgan fingerprint density at radius 2 is 2.20 bits per heavy atom. The largest absolute Gasteiger partial charge is 0.461 e. The van der Waals surface area contributed by atoms with Crippen LogP contribution in [0, 0.1) is 13.8 Å². The first-order chi connectivity index (χ1) is 12.1. The Kier molecular flexibility index (Phi) is 4.01. The van der Waals surface area contributed by atoms with Gasteiger partial charge in [0.25, 0.3) is 5.91 Å². The van der Waals surface area contributed by atoms with Gasteiger partial charge in [-0.3, -0.25) is 9.78 Å². The van der Waals surface area contributed by atoms with E-state index in [4.69, 9.17) is 4.42 Å². The number of carbonyl (C=O) groups is 1. The molecule has 0 bridgehead atoms. The molecular formula is C20H21N3O2. The molecule has 5 nitrogen and oxygen atoms in total. The van der Waals surface area contributed by atoms with Crippen molar-refractivity contribution in [1.29, 1.82) is 0 Å². The molecule has 25 heavy (non-hydrogen) atoms. The van der Waals surface area contributed by atoms with Crippen molar-refractivity contribution >= 4 is 16.9 Å². The van der Waals surface area contributed by atoms with Crippen molar-refractivity contribution in [2.24, 2.45) is 0 Å². The van der Waals surface area contributed by atoms with Crippen LogP contribution in [0.4, 0.5) is 0 Å². The number of amides is 1. The minimum absolute atomic E-state index is 0.0771. The molecule has 128 valence electrons. The lowest BCUT2D eigenvalue weighted by molar-refractivity contribution is 0.0951. The summed E-state index contributed by atoms with van der Waals surface area (Å²) in [6.45, 7) is 6.23. The first-order valence-corrected chi connectivity index (χ1v) is 8.57. The van der Waals surface area contributed by atoms with Crippen LogP contribution >= 0.6 is 0 Å². The summed E-state index contributed by atoms with van der Waals surface area (Å²) in [7, 11) is 0. The Morgan fingerprint density at radius 1 is 1.32 bits per heavy atom. The smallest absolute Gasteiger partial charge is 0.251 e. The first-order valence-electron chi connectivity index (χ1n) is 8.57. The normalized spacial score (nSPS) is 13.7. The Bertz CT molecular complexity index is 959. The summed E-state index contributed by atoms with van der Waals surface area (Å²) in [5, 5.41) is 7.36. The van der Waals surface area contributed by atoms with Crippen LogP contribution < -0.4 is 10.6 Å². The van der Waals surface area contributed by atoms with Crippen molar-refractivity contribution in [1.82, 2.24) is 15.6 Å². The van der Waals surface area contributed by atoms with Gasteiger partial charge < -0.3 is 15.1 Å². The topological polar surface area (TPSA) is 67.2 Å². The maximum Gasteiger partial charge on any atom is 0.251 e. The van der Waals surface area contributed by atoms with Gasteiger partial charge >= 0.3 is 0 Å². The van der Waals surface area contributed by atoms with E-state index in [1.54, 1.807) is 6.07 Å². The SMILES string of the molecule is Cc1cc2cc(C(=O)NCc3c(C)ncc4c3CCNC4)ccc2o1. The maximum atomic E-state index is 12.6. The number of fused-ring (bicyclic) bond motifs is 2. The molecule has 4 rings (SSSR count). The quantitative estimate of drug-likeness (QED) is 0.772. The molecule has 0 atom stereocenters. The molecule has 1 aliphatic rings. The van der Waals surface area contributed by atoms with E-state index in [0.29, 0.717) is 12.1 Å². The van der Waals surface area contributed by atoms with Crippen molar-refractivity contribution in [2.75, 3.05) is 6.54 Å². The van der Waals surface area contributed by atoms with Crippen LogP contribution in [0.2, 0.25) is 0 Å². The van der Waals surface area contributed by atoms with Gasteiger partial charge in [-0.2, -0.15) is 0 Å². The van der Waals surface area contributed by atoms with E-state index in [1.165, 1.54) is 11.1 Å². The molecule has 2 aromatic heterocycles. The van der Waals surface area contributed by atoms with Crippen molar-refractivity contribution in [2.45, 2.75) is 33.4 Å². The van der Waals surface area contributed by atoms with Crippen LogP contribution in [0.5, 0.6) is 0 Å². The van der Waals surface area contributed by atoms with Gasteiger partial charge in [-0.05, 0) is 67.8 Å². The first kappa shape index (κ1) is 15.8. The minimum atomic E-state index is -0.0771. The number of benzene rings is 1. The highest BCUT2D eigenvalue weighted by molar-refractivity contribution is 5.97. The van der Waals surface area contributed by atoms with E-state index >= 15 is 0 Å². The summed E-state index contributed by atoms with van der Waals surface area (Å²) >= 11 is 0. The highest BCUT2D eigenvalue weighted by Gasteiger charge is 2.16. The van der Waals surface area contributed by atoms with Gasteiger partial charge in [0.05, 0.1) is 0 Å². The number of pyridine rings is 1. The second-order valence-electron chi connectivity index (χ2n) is 6.55. The molecular weight excluding hydrogens is 314 g/mol. The lowest BCUT2D eigenvalue weighted by Gasteiger charge is -2.21. The molecule has 1 amide bonds. The summed E-state index contributed by atoms with van der Waals surface area (Å²) in [6, 6.07) is 7.47. The van der Waals surface area contributed by atoms with E-state index < -0.39 is 0 Å². The lowest BCUT2D eigenvalue weighted by atomic mass is 9.96. The zero-order valence-electron chi connectivity index (χ0n) is 14.5. The van der Waals surface area contributed by atoms with Crippen molar-refractivity contribution in [3.8, 4) is 0 Å². The monoisotopic (exact) mass is 335 g/mol. The third kappa shape index (κ3) is 3.03. The highest BCUT2D eigenvalue weighted by atomic mass is 16.3. The lowest BCUT2D eigenvalue weighted by Crippen LogP contribution is -2.28. The third-order valence-corrected chi connectivity index (χ3v) is 4.80. The molecule has 1 aliphatic heterocycles. The molecule has 5 heteroatoms. The number of nitrogens with one attached hydrogen (secondary N) is 2. The zero-order chi connectivity index (χ0) is 17.4. The fraction of sp³-hybridized carbons (Fsp3) is 0.300. The molecule has 0 saturated carbocycles. The molecule has 3 heterocycles. The average molecular weight is 335 g/mol. The molecule has 0 fully saturated rings. The maximum absolute atomic E-state index is 12.6. The molecule has 1 aromatic carbocycles. The van der Waals surface area contributed by atoms with E-state index in [9.17, 15) is 4.79 Å². The Balaban J connectivity index is 1.55. The van der Waals surface area contributed by atoms with Crippen molar-refractivity contribution < 1.29 is 9.21 Å². The van der Waals surface area contributed by atoms with E-state index in [2.05, 4.69) is 15.6 Å². The number of rotatable bonds is 3. The number of furan rings is 1. The molecule has 0 saturated heterocycles. The van der Waals surface area contributed by atoms with E-state index in [0.717, 1.165) is 47.5 Å². The summed E-state index contributed by atoms with van der Waals surface area (Å²) in [6.07, 6.45) is 2.92. The van der Waals surface area contributed by atoms with Gasteiger partial charge in [0.2, 0.25) is 0 Å². The van der Waals surface area contributed by atoms with Gasteiger partial charge in [-0.25, -0.2) is 0 Å². The number of carbonyl (C=O) groups excluding carboxylic acids is 1. The average Bonchev–Trinajstić information content (AvgIpc) is 2.99. The molecule has 3 aromatic rings. The van der Waals surface area contributed by atoms with Gasteiger partial charge in [0.1, 0.15) is 11.3 Å². The number of hydrogen-bond donors (Lipinski definition) is 2. The Morgan fingerprint density at radius 3 is 3.08 bits per heavy atom. The number of aromatic nitrogens is 1. The second kappa shape index (κ2) is 6.33. The van der Waals surface area contributed by atoms with Crippen molar-refractivity contribution in [3.63, 3.8) is 0 Å². The number of aryl methyl sites for hydroxylation is 2. The summed E-state index contributed by atoms with van der Waals surface area (Å²) < 4.78 is 5.56. The zero-order valence-corrected chi connectivity index (χ0v) is 14.5. The minimum Gasteiger partial charge on any atom is -0.461 e. The Labute approximate surface area is 146 Å². The van der Waals surface area contributed by atoms with Crippen LogP contribution in [-0.2, 0) is 19.5 Å². The van der Waals surface area contributed by atoms with Gasteiger partial charge in [-0.1, -0.05) is 0 Å². The fourth-order valence-electron chi connectivity index (χ4n) is 3.47. The standard InChI is InChI=1S/C20H21N3O2/c1-12-7-15-8-14(3-4-19(15)25-12)20(24)23-11-18-13(2)22-10-16-9-21-6-5-17(16)18/h3-4,7-8,10,21H,5-6,9,11H2,1-2H3,(H,23,24). The predicted molar refractivity (Wildman–Crippen MR) is 96.5 cm³/mol. The third-order valence-electron chi connectivity index (χ3n) is 4.80. The predicted octanol–water partition coefficient (Wildman–Crippen LogP) is 3.02. The van der Waals surface area contributed by atoms with Gasteiger partial charge in [-0.15, -0.1) is 0 Å². The van der Waals surface area contributed by atoms with Crippen molar-refractivity contribution in [3.05, 3.63) is 64.2 Å². The second-order valence-corrected chi connectivity index (χ2v) is 6.55. The summed E-state index contributed by atoms with van der Waals surface area (Å²) in [5.74, 6) is 0.769. The van der Waals surface area contributed by atoms with Crippen LogP contribution in [0.1, 0.15) is 38.5 Å². The molecule has 0 spiro atoms. The number of nitrogens with zero attached hydrogens (tertiary/aromatic N) is 1. The molecule has 0 radical (unpaired) electrons. The summed E-state index contributed by atoms with van der Waals surface area (Å²) in [5.41, 5.74) is 6.14. The highest BCUT2D eigenvalue weighted by Crippen LogP contribution is 2.22.